The standard InChI is InChI=1S/C22H29FO6/c1-7-27-19(24)14(3)17(13-15-9-11-16(23)12-10-15)18(20(25)28-8-2)21(26)29-22(4,5)6/h9-14,18H,7-8H2,1-6H3. The Kier molecular flexibility index (Phi) is 9.01. The Morgan fingerprint density at radius 3 is 1.97 bits per heavy atom. The summed E-state index contributed by atoms with van der Waals surface area (Å²) in [6.45, 7) is 10.0. The lowest BCUT2D eigenvalue weighted by Crippen LogP contribution is -2.37. The second kappa shape index (κ2) is 10.7. The monoisotopic (exact) mass is 408 g/mol. The quantitative estimate of drug-likeness (QED) is 0.368. The van der Waals surface area contributed by atoms with Crippen molar-refractivity contribution in [3.8, 4) is 0 Å². The Labute approximate surface area is 171 Å². The van der Waals surface area contributed by atoms with E-state index in [-0.39, 0.29) is 18.8 Å². The fourth-order valence-corrected chi connectivity index (χ4v) is 2.57. The van der Waals surface area contributed by atoms with Gasteiger partial charge < -0.3 is 14.2 Å². The second-order valence-electron chi connectivity index (χ2n) is 7.39. The number of halogens is 1. The van der Waals surface area contributed by atoms with E-state index in [1.54, 1.807) is 34.6 Å². The summed E-state index contributed by atoms with van der Waals surface area (Å²) >= 11 is 0. The summed E-state index contributed by atoms with van der Waals surface area (Å²) in [5, 5.41) is 0. The van der Waals surface area contributed by atoms with Crippen LogP contribution in [0.3, 0.4) is 0 Å². The third-order valence-corrected chi connectivity index (χ3v) is 3.84. The molecule has 0 fully saturated rings. The Balaban J connectivity index is 3.52. The highest BCUT2D eigenvalue weighted by Gasteiger charge is 2.39. The molecule has 29 heavy (non-hydrogen) atoms. The van der Waals surface area contributed by atoms with Gasteiger partial charge >= 0.3 is 17.9 Å². The van der Waals surface area contributed by atoms with Gasteiger partial charge in [0, 0.05) is 0 Å². The first-order valence-corrected chi connectivity index (χ1v) is 9.53. The van der Waals surface area contributed by atoms with Crippen LogP contribution in [-0.4, -0.2) is 36.7 Å². The summed E-state index contributed by atoms with van der Waals surface area (Å²) < 4.78 is 28.8. The van der Waals surface area contributed by atoms with Crippen LogP contribution in [0.15, 0.2) is 29.8 Å². The molecule has 1 rings (SSSR count). The summed E-state index contributed by atoms with van der Waals surface area (Å²) in [7, 11) is 0. The average molecular weight is 408 g/mol. The summed E-state index contributed by atoms with van der Waals surface area (Å²) in [5.41, 5.74) is -0.186. The average Bonchev–Trinajstić information content (AvgIpc) is 2.61. The van der Waals surface area contributed by atoms with Crippen LogP contribution in [0.5, 0.6) is 0 Å². The van der Waals surface area contributed by atoms with E-state index in [4.69, 9.17) is 14.2 Å². The van der Waals surface area contributed by atoms with E-state index in [1.807, 2.05) is 0 Å². The van der Waals surface area contributed by atoms with Gasteiger partial charge in [0.1, 0.15) is 11.4 Å². The van der Waals surface area contributed by atoms with Crippen molar-refractivity contribution in [2.24, 2.45) is 11.8 Å². The Hall–Kier alpha value is -2.70. The molecule has 2 atom stereocenters. The minimum atomic E-state index is -1.46. The van der Waals surface area contributed by atoms with Crippen LogP contribution in [0.2, 0.25) is 0 Å². The van der Waals surface area contributed by atoms with Crippen LogP contribution in [0, 0.1) is 17.7 Å². The largest absolute Gasteiger partial charge is 0.466 e. The normalized spacial score (nSPS) is 14.0. The van der Waals surface area contributed by atoms with Crippen LogP contribution >= 0.6 is 0 Å². The minimum absolute atomic E-state index is 0.0513. The highest BCUT2D eigenvalue weighted by atomic mass is 19.1. The summed E-state index contributed by atoms with van der Waals surface area (Å²) in [4.78, 5) is 37.9. The number of carbonyl (C=O) groups is 3. The zero-order valence-corrected chi connectivity index (χ0v) is 17.8. The van der Waals surface area contributed by atoms with Crippen molar-refractivity contribution < 1.29 is 33.0 Å². The molecule has 0 saturated carbocycles. The molecular weight excluding hydrogens is 379 g/mol. The Bertz CT molecular complexity index is 746. The van der Waals surface area contributed by atoms with Crippen molar-refractivity contribution in [3.63, 3.8) is 0 Å². The number of ether oxygens (including phenoxy) is 3. The smallest absolute Gasteiger partial charge is 0.325 e. The molecule has 6 nitrogen and oxygen atoms in total. The maximum Gasteiger partial charge on any atom is 0.325 e. The van der Waals surface area contributed by atoms with Crippen LogP contribution < -0.4 is 0 Å². The summed E-state index contributed by atoms with van der Waals surface area (Å²) in [6, 6.07) is 5.44. The fraction of sp³-hybridized carbons (Fsp3) is 0.500. The molecule has 2 unspecified atom stereocenters. The molecule has 7 heteroatoms. The van der Waals surface area contributed by atoms with Crippen LogP contribution in [0.4, 0.5) is 4.39 Å². The maximum absolute atomic E-state index is 13.3. The predicted molar refractivity (Wildman–Crippen MR) is 106 cm³/mol. The lowest BCUT2D eigenvalue weighted by Gasteiger charge is -2.26. The summed E-state index contributed by atoms with van der Waals surface area (Å²) in [5.74, 6) is -5.08. The molecule has 1 aromatic rings. The Morgan fingerprint density at radius 1 is 0.966 bits per heavy atom. The van der Waals surface area contributed by atoms with E-state index >= 15 is 0 Å². The molecule has 1 aromatic carbocycles. The van der Waals surface area contributed by atoms with Crippen molar-refractivity contribution in [1.29, 1.82) is 0 Å². The molecule has 0 aliphatic heterocycles. The van der Waals surface area contributed by atoms with Crippen LogP contribution in [-0.2, 0) is 28.6 Å². The van der Waals surface area contributed by atoms with Crippen LogP contribution in [0.1, 0.15) is 47.1 Å². The second-order valence-corrected chi connectivity index (χ2v) is 7.39. The highest BCUT2D eigenvalue weighted by Crippen LogP contribution is 2.29. The third kappa shape index (κ3) is 7.68. The topological polar surface area (TPSA) is 78.9 Å². The SMILES string of the molecule is CCOC(=O)C(C)C(=Cc1ccc(F)cc1)C(C(=O)OCC)C(=O)OC(C)(C)C. The molecule has 0 saturated heterocycles. The van der Waals surface area contributed by atoms with Gasteiger partial charge in [-0.15, -0.1) is 0 Å². The van der Waals surface area contributed by atoms with Gasteiger partial charge in [0.15, 0.2) is 5.92 Å². The number of hydrogen-bond acceptors (Lipinski definition) is 6. The predicted octanol–water partition coefficient (Wildman–Crippen LogP) is 3.93. The minimum Gasteiger partial charge on any atom is -0.466 e. The fourth-order valence-electron chi connectivity index (χ4n) is 2.57. The molecule has 0 bridgehead atoms. The molecule has 160 valence electrons. The number of benzene rings is 1. The van der Waals surface area contributed by atoms with Crippen molar-refractivity contribution in [1.82, 2.24) is 0 Å². The van der Waals surface area contributed by atoms with E-state index in [9.17, 15) is 18.8 Å². The van der Waals surface area contributed by atoms with Gasteiger partial charge in [-0.1, -0.05) is 18.2 Å². The molecule has 0 aliphatic carbocycles. The number of hydrogen-bond donors (Lipinski definition) is 0. The summed E-state index contributed by atoms with van der Waals surface area (Å²) in [6.07, 6.45) is 1.49. The van der Waals surface area contributed by atoms with Crippen LogP contribution in [0.25, 0.3) is 6.08 Å². The van der Waals surface area contributed by atoms with E-state index in [1.165, 1.54) is 37.3 Å². The van der Waals surface area contributed by atoms with Gasteiger partial charge in [-0.3, -0.25) is 14.4 Å². The van der Waals surface area contributed by atoms with Crippen molar-refractivity contribution in [2.45, 2.75) is 47.1 Å². The van der Waals surface area contributed by atoms with Gasteiger partial charge in [-0.05, 0) is 64.8 Å². The van der Waals surface area contributed by atoms with Gasteiger partial charge in [-0.2, -0.15) is 0 Å². The van der Waals surface area contributed by atoms with E-state index in [0.29, 0.717) is 5.56 Å². The molecule has 0 N–H and O–H groups in total. The first-order chi connectivity index (χ1) is 13.5. The molecule has 0 heterocycles. The molecular formula is C22H29FO6. The first-order valence-electron chi connectivity index (χ1n) is 9.53. The van der Waals surface area contributed by atoms with Gasteiger partial charge in [0.25, 0.3) is 0 Å². The van der Waals surface area contributed by atoms with E-state index in [2.05, 4.69) is 0 Å². The van der Waals surface area contributed by atoms with Crippen molar-refractivity contribution in [3.05, 3.63) is 41.2 Å². The van der Waals surface area contributed by atoms with Gasteiger partial charge in [-0.25, -0.2) is 4.39 Å². The lowest BCUT2D eigenvalue weighted by molar-refractivity contribution is -0.167. The van der Waals surface area contributed by atoms with Crippen molar-refractivity contribution >= 4 is 24.0 Å². The molecule has 0 aromatic heterocycles. The molecule has 0 aliphatic rings. The first kappa shape index (κ1) is 24.3. The lowest BCUT2D eigenvalue weighted by atomic mass is 9.86. The highest BCUT2D eigenvalue weighted by molar-refractivity contribution is 6.01. The number of rotatable bonds is 8. The number of esters is 3. The zero-order chi connectivity index (χ0) is 22.2. The van der Waals surface area contributed by atoms with Gasteiger partial charge in [0.05, 0.1) is 19.1 Å². The Morgan fingerprint density at radius 2 is 1.48 bits per heavy atom. The van der Waals surface area contributed by atoms with Gasteiger partial charge in [0.2, 0.25) is 0 Å². The number of carbonyl (C=O) groups excluding carboxylic acids is 3. The molecule has 0 spiro atoms. The maximum atomic E-state index is 13.3. The van der Waals surface area contributed by atoms with E-state index in [0.717, 1.165) is 0 Å². The van der Waals surface area contributed by atoms with E-state index < -0.39 is 41.2 Å². The zero-order valence-electron chi connectivity index (χ0n) is 17.8. The third-order valence-electron chi connectivity index (χ3n) is 3.84. The molecule has 0 radical (unpaired) electrons. The van der Waals surface area contributed by atoms with Crippen molar-refractivity contribution in [2.75, 3.05) is 13.2 Å². The molecule has 0 amide bonds.